The van der Waals surface area contributed by atoms with Gasteiger partial charge in [0.15, 0.2) is 0 Å². The number of aliphatic hydroxyl groups is 2. The highest BCUT2D eigenvalue weighted by Gasteiger charge is 2.48. The molecule has 2 N–H and O–H groups in total. The molecule has 3 aliphatic carbocycles. The maximum atomic E-state index is 10.8. The van der Waals surface area contributed by atoms with E-state index in [0.717, 1.165) is 43.6 Å². The van der Waals surface area contributed by atoms with Gasteiger partial charge in [0.2, 0.25) is 0 Å². The van der Waals surface area contributed by atoms with Crippen LogP contribution in [0.4, 0.5) is 0 Å². The van der Waals surface area contributed by atoms with Crippen molar-refractivity contribution in [2.45, 2.75) is 103 Å². The Balaban J connectivity index is 1.66. The van der Waals surface area contributed by atoms with Gasteiger partial charge >= 0.3 is 0 Å². The fraction of sp³-hybridized carbons (Fsp3) is 0.741. The number of rotatable bonds is 8. The van der Waals surface area contributed by atoms with Crippen molar-refractivity contribution in [2.24, 2.45) is 23.2 Å². The molecule has 3 saturated carbocycles. The predicted octanol–water partition coefficient (Wildman–Crippen LogP) is 5.91. The molecule has 30 heavy (non-hydrogen) atoms. The molecule has 0 aliphatic heterocycles. The fourth-order valence-electron chi connectivity index (χ4n) is 6.58. The van der Waals surface area contributed by atoms with Gasteiger partial charge in [0.05, 0.1) is 6.10 Å². The molecule has 0 bridgehead atoms. The average Bonchev–Trinajstić information content (AvgIpc) is 3.08. The molecule has 0 heterocycles. The molecule has 3 heteroatoms. The molecule has 3 fully saturated rings. The van der Waals surface area contributed by atoms with Crippen LogP contribution in [-0.2, 0) is 4.79 Å². The second-order valence-electron chi connectivity index (χ2n) is 10.3. The molecule has 0 aromatic heterocycles. The first kappa shape index (κ1) is 23.5. The lowest BCUT2D eigenvalue weighted by molar-refractivity contribution is -0.115. The van der Waals surface area contributed by atoms with Crippen LogP contribution in [0.5, 0.6) is 0 Å². The minimum atomic E-state index is -0.799. The molecule has 168 valence electrons. The Hall–Kier alpha value is -1.19. The summed E-state index contributed by atoms with van der Waals surface area (Å²) < 4.78 is 0. The number of allylic oxidation sites excluding steroid dienone is 3. The van der Waals surface area contributed by atoms with Crippen LogP contribution in [0.1, 0.15) is 90.9 Å². The van der Waals surface area contributed by atoms with Crippen LogP contribution in [0.3, 0.4) is 0 Å². The summed E-state index contributed by atoms with van der Waals surface area (Å²) in [5, 5.41) is 19.8. The zero-order valence-electron chi connectivity index (χ0n) is 19.1. The number of aldehydes is 1. The van der Waals surface area contributed by atoms with Crippen molar-refractivity contribution in [3.8, 4) is 0 Å². The van der Waals surface area contributed by atoms with Crippen LogP contribution in [0, 0.1) is 23.2 Å². The summed E-state index contributed by atoms with van der Waals surface area (Å²) in [6.45, 7) is 8.81. The lowest BCUT2D eigenvalue weighted by Crippen LogP contribution is -2.33. The summed E-state index contributed by atoms with van der Waals surface area (Å²) in [7, 11) is 0. The van der Waals surface area contributed by atoms with Crippen LogP contribution in [0.2, 0.25) is 0 Å². The SMILES string of the molecule is C=C1/C(=C\C=C2/CCCC3(C)C(CCC(CC)CC(O)C=O)CCC23)CCCC1O. The summed E-state index contributed by atoms with van der Waals surface area (Å²) >= 11 is 0. The van der Waals surface area contributed by atoms with E-state index in [1.165, 1.54) is 44.1 Å². The van der Waals surface area contributed by atoms with Crippen molar-refractivity contribution in [3.05, 3.63) is 35.5 Å². The third-order valence-corrected chi connectivity index (χ3v) is 8.63. The Kier molecular flexibility index (Phi) is 8.15. The van der Waals surface area contributed by atoms with Crippen molar-refractivity contribution in [1.82, 2.24) is 0 Å². The van der Waals surface area contributed by atoms with Crippen molar-refractivity contribution in [1.29, 1.82) is 0 Å². The van der Waals surface area contributed by atoms with Crippen LogP contribution in [0.25, 0.3) is 0 Å². The Bertz CT molecular complexity index is 676. The van der Waals surface area contributed by atoms with E-state index in [4.69, 9.17) is 0 Å². The van der Waals surface area contributed by atoms with Gasteiger partial charge in [0.1, 0.15) is 12.4 Å². The average molecular weight is 415 g/mol. The Labute approximate surface area is 183 Å². The van der Waals surface area contributed by atoms with Crippen molar-refractivity contribution in [3.63, 3.8) is 0 Å². The first-order chi connectivity index (χ1) is 14.4. The van der Waals surface area contributed by atoms with Crippen LogP contribution >= 0.6 is 0 Å². The molecule has 3 aliphatic rings. The van der Waals surface area contributed by atoms with E-state index in [-0.39, 0.29) is 6.10 Å². The standard InChI is InChI=1S/C27H42O3/c1-4-20(17-24(29)18-28)10-13-23-14-15-25-22(8-6-16-27(23,25)3)12-11-21-7-5-9-26(30)19(21)2/h11-12,18,20,23-26,29-30H,2,4-10,13-17H2,1,3H3/b21-11-,22-12+. The lowest BCUT2D eigenvalue weighted by Gasteiger charge is -2.43. The zero-order chi connectivity index (χ0) is 21.7. The third kappa shape index (κ3) is 5.16. The number of hydrogen-bond donors (Lipinski definition) is 2. The fourth-order valence-corrected chi connectivity index (χ4v) is 6.58. The Morgan fingerprint density at radius 2 is 2.00 bits per heavy atom. The van der Waals surface area contributed by atoms with Gasteiger partial charge in [-0.2, -0.15) is 0 Å². The molecular weight excluding hydrogens is 372 g/mol. The smallest absolute Gasteiger partial charge is 0.148 e. The molecule has 3 rings (SSSR count). The number of carbonyl (C=O) groups excluding carboxylic acids is 1. The van der Waals surface area contributed by atoms with Gasteiger partial charge < -0.3 is 15.0 Å². The first-order valence-corrected chi connectivity index (χ1v) is 12.3. The largest absolute Gasteiger partial charge is 0.388 e. The molecule has 3 nitrogen and oxygen atoms in total. The normalized spacial score (nSPS) is 36.7. The van der Waals surface area contributed by atoms with Crippen LogP contribution in [-0.4, -0.2) is 28.7 Å². The van der Waals surface area contributed by atoms with E-state index in [1.54, 1.807) is 5.57 Å². The van der Waals surface area contributed by atoms with Gasteiger partial charge in [-0.3, -0.25) is 0 Å². The minimum absolute atomic E-state index is 0.361. The molecular formula is C27H42O3. The van der Waals surface area contributed by atoms with Crippen molar-refractivity contribution >= 4 is 6.29 Å². The molecule has 0 radical (unpaired) electrons. The summed E-state index contributed by atoms with van der Waals surface area (Å²) in [5.41, 5.74) is 4.15. The highest BCUT2D eigenvalue weighted by molar-refractivity contribution is 5.55. The van der Waals surface area contributed by atoms with E-state index in [9.17, 15) is 15.0 Å². The summed E-state index contributed by atoms with van der Waals surface area (Å²) in [6.07, 6.45) is 17.4. The topological polar surface area (TPSA) is 57.5 Å². The maximum Gasteiger partial charge on any atom is 0.148 e. The van der Waals surface area contributed by atoms with Crippen molar-refractivity contribution < 1.29 is 15.0 Å². The molecule has 6 unspecified atom stereocenters. The van der Waals surface area contributed by atoms with E-state index < -0.39 is 6.10 Å². The van der Waals surface area contributed by atoms with E-state index >= 15 is 0 Å². The van der Waals surface area contributed by atoms with Gasteiger partial charge in [0.25, 0.3) is 0 Å². The zero-order valence-corrected chi connectivity index (χ0v) is 19.1. The molecule has 0 amide bonds. The first-order valence-electron chi connectivity index (χ1n) is 12.3. The lowest BCUT2D eigenvalue weighted by atomic mass is 9.62. The monoisotopic (exact) mass is 414 g/mol. The third-order valence-electron chi connectivity index (χ3n) is 8.63. The van der Waals surface area contributed by atoms with Gasteiger partial charge in [-0.15, -0.1) is 0 Å². The van der Waals surface area contributed by atoms with Gasteiger partial charge in [-0.05, 0) is 98.5 Å². The number of carbonyl (C=O) groups is 1. The highest BCUT2D eigenvalue weighted by Crippen LogP contribution is 2.58. The van der Waals surface area contributed by atoms with E-state index in [0.29, 0.717) is 30.0 Å². The van der Waals surface area contributed by atoms with Crippen LogP contribution in [0.15, 0.2) is 35.5 Å². The number of fused-ring (bicyclic) bond motifs is 1. The van der Waals surface area contributed by atoms with Crippen molar-refractivity contribution in [2.75, 3.05) is 0 Å². The summed E-state index contributed by atoms with van der Waals surface area (Å²) in [6, 6.07) is 0. The number of aliphatic hydroxyl groups excluding tert-OH is 2. The second-order valence-corrected chi connectivity index (χ2v) is 10.3. The Morgan fingerprint density at radius 1 is 1.20 bits per heavy atom. The highest BCUT2D eigenvalue weighted by atomic mass is 16.3. The van der Waals surface area contributed by atoms with E-state index in [2.05, 4.69) is 32.6 Å². The Morgan fingerprint density at radius 3 is 2.73 bits per heavy atom. The minimum Gasteiger partial charge on any atom is -0.388 e. The van der Waals surface area contributed by atoms with Gasteiger partial charge in [-0.1, -0.05) is 51.0 Å². The van der Waals surface area contributed by atoms with Crippen LogP contribution < -0.4 is 0 Å². The predicted molar refractivity (Wildman–Crippen MR) is 123 cm³/mol. The molecule has 0 spiro atoms. The second kappa shape index (κ2) is 10.4. The maximum absolute atomic E-state index is 10.8. The molecule has 6 atom stereocenters. The molecule has 0 aromatic rings. The molecule has 0 aromatic carbocycles. The van der Waals surface area contributed by atoms with E-state index in [1.807, 2.05) is 0 Å². The van der Waals surface area contributed by atoms with Gasteiger partial charge in [0, 0.05) is 0 Å². The molecule has 0 saturated heterocycles. The van der Waals surface area contributed by atoms with Gasteiger partial charge in [-0.25, -0.2) is 0 Å². The summed E-state index contributed by atoms with van der Waals surface area (Å²) in [4.78, 5) is 10.8. The quantitative estimate of drug-likeness (QED) is 0.485. The summed E-state index contributed by atoms with van der Waals surface area (Å²) in [5.74, 6) is 1.86. The number of hydrogen-bond acceptors (Lipinski definition) is 3.